The molecule has 2 heterocycles. The molecular weight excluding hydrogens is 404 g/mol. The lowest BCUT2D eigenvalue weighted by molar-refractivity contribution is 0.0844. The normalized spacial score (nSPS) is 10.9. The van der Waals surface area contributed by atoms with Gasteiger partial charge in [-0.25, -0.2) is 18.4 Å². The number of sulfonamides is 1. The minimum absolute atomic E-state index is 0.00930. The van der Waals surface area contributed by atoms with Crippen LogP contribution in [-0.4, -0.2) is 30.2 Å². The summed E-state index contributed by atoms with van der Waals surface area (Å²) in [5.74, 6) is -1.60. The minimum Gasteiger partial charge on any atom is -0.382 e. The summed E-state index contributed by atoms with van der Waals surface area (Å²) >= 11 is 1.04. The summed E-state index contributed by atoms with van der Waals surface area (Å²) in [5, 5.41) is 1.63. The molecule has 0 bridgehead atoms. The van der Waals surface area contributed by atoms with Gasteiger partial charge in [-0.05, 0) is 23.6 Å². The third-order valence-electron chi connectivity index (χ3n) is 3.41. The summed E-state index contributed by atoms with van der Waals surface area (Å²) in [7, 11) is -3.84. The highest BCUT2D eigenvalue weighted by atomic mass is 32.2. The number of hydrogen-bond acceptors (Lipinski definition) is 8. The van der Waals surface area contributed by atoms with Crippen LogP contribution in [0.2, 0.25) is 0 Å². The number of benzene rings is 1. The van der Waals surface area contributed by atoms with E-state index in [0.717, 1.165) is 11.3 Å². The molecule has 28 heavy (non-hydrogen) atoms. The first-order valence-electron chi connectivity index (χ1n) is 7.71. The molecule has 0 aliphatic rings. The van der Waals surface area contributed by atoms with Gasteiger partial charge in [0.1, 0.15) is 4.21 Å². The van der Waals surface area contributed by atoms with E-state index < -0.39 is 21.8 Å². The van der Waals surface area contributed by atoms with Crippen molar-refractivity contribution in [2.75, 3.05) is 10.5 Å². The molecule has 0 spiro atoms. The maximum atomic E-state index is 12.4. The maximum Gasteiger partial charge on any atom is 0.292 e. The Labute approximate surface area is 163 Å². The number of nitrogen functional groups attached to an aromatic ring is 1. The van der Waals surface area contributed by atoms with Crippen LogP contribution in [0.25, 0.3) is 0 Å². The van der Waals surface area contributed by atoms with Gasteiger partial charge in [-0.1, -0.05) is 18.2 Å². The third kappa shape index (κ3) is 4.24. The van der Waals surface area contributed by atoms with E-state index >= 15 is 0 Å². The summed E-state index contributed by atoms with van der Waals surface area (Å²) in [6.07, 6.45) is 2.60. The number of amides is 2. The van der Waals surface area contributed by atoms with E-state index in [1.54, 1.807) is 23.6 Å². The molecule has 144 valence electrons. The molecule has 0 radical (unpaired) electrons. The zero-order valence-electron chi connectivity index (χ0n) is 14.1. The Kier molecular flexibility index (Phi) is 5.52. The van der Waals surface area contributed by atoms with Gasteiger partial charge in [0, 0.05) is 12.4 Å². The van der Waals surface area contributed by atoms with Gasteiger partial charge in [-0.2, -0.15) is 0 Å². The van der Waals surface area contributed by atoms with Crippen LogP contribution in [0.1, 0.15) is 20.8 Å². The summed E-state index contributed by atoms with van der Waals surface area (Å²) < 4.78 is 27.3. The predicted octanol–water partition coefficient (Wildman–Crippen LogP) is 0.996. The van der Waals surface area contributed by atoms with Gasteiger partial charge in [-0.3, -0.25) is 25.2 Å². The molecule has 5 N–H and O–H groups in total. The smallest absolute Gasteiger partial charge is 0.292 e. The Morgan fingerprint density at radius 2 is 1.68 bits per heavy atom. The lowest BCUT2D eigenvalue weighted by Crippen LogP contribution is -2.42. The van der Waals surface area contributed by atoms with Gasteiger partial charge in [0.25, 0.3) is 21.8 Å². The zero-order chi connectivity index (χ0) is 20.1. The molecule has 2 amide bonds. The van der Waals surface area contributed by atoms with Crippen LogP contribution in [-0.2, 0) is 10.0 Å². The first-order chi connectivity index (χ1) is 13.4. The number of nitrogens with one attached hydrogen (secondary N) is 3. The van der Waals surface area contributed by atoms with Crippen LogP contribution in [0.5, 0.6) is 0 Å². The summed E-state index contributed by atoms with van der Waals surface area (Å²) in [6.45, 7) is 0. The maximum absolute atomic E-state index is 12.4. The molecule has 0 unspecified atom stereocenters. The Morgan fingerprint density at radius 1 is 0.964 bits per heavy atom. The number of thiophene rings is 1. The highest BCUT2D eigenvalue weighted by Gasteiger charge is 2.20. The highest BCUT2D eigenvalue weighted by molar-refractivity contribution is 7.94. The molecule has 10 nitrogen and oxygen atoms in total. The average molecular weight is 418 g/mol. The topological polar surface area (TPSA) is 156 Å². The molecule has 12 heteroatoms. The molecule has 0 fully saturated rings. The molecule has 0 atom stereocenters. The first-order valence-corrected chi connectivity index (χ1v) is 10.1. The molecule has 0 saturated heterocycles. The Bertz CT molecular complexity index is 1120. The lowest BCUT2D eigenvalue weighted by atomic mass is 10.2. The summed E-state index contributed by atoms with van der Waals surface area (Å²) in [4.78, 5) is 32.0. The standard InChI is InChI=1S/C16H14N6O4S2/c17-14-13(18-7-8-19-14)16(24)21-20-15(23)10-4-1-2-5-11(10)22-28(25,26)12-6-3-9-27-12/h1-9,22H,(H2,17,19)(H,20,23)(H,21,24). The van der Waals surface area contributed by atoms with Crippen LogP contribution < -0.4 is 21.3 Å². The van der Waals surface area contributed by atoms with Gasteiger partial charge in [0.05, 0.1) is 11.3 Å². The van der Waals surface area contributed by atoms with Gasteiger partial charge in [0.15, 0.2) is 11.5 Å². The summed E-state index contributed by atoms with van der Waals surface area (Å²) in [6, 6.07) is 9.02. The number of rotatable bonds is 5. The van der Waals surface area contributed by atoms with E-state index in [-0.39, 0.29) is 27.0 Å². The molecule has 1 aromatic carbocycles. The molecule has 0 aliphatic carbocycles. The van der Waals surface area contributed by atoms with E-state index in [1.807, 2.05) is 0 Å². The molecule has 0 aliphatic heterocycles. The number of hydrogen-bond donors (Lipinski definition) is 4. The van der Waals surface area contributed by atoms with Crippen molar-refractivity contribution in [2.45, 2.75) is 4.21 Å². The van der Waals surface area contributed by atoms with Crippen molar-refractivity contribution in [1.29, 1.82) is 0 Å². The molecule has 3 aromatic rings. The Hall–Kier alpha value is -3.51. The second kappa shape index (κ2) is 8.02. The number of nitrogens with two attached hydrogens (primary N) is 1. The fraction of sp³-hybridized carbons (Fsp3) is 0. The van der Waals surface area contributed by atoms with Gasteiger partial charge < -0.3 is 5.73 Å². The van der Waals surface area contributed by atoms with Crippen LogP contribution in [0.3, 0.4) is 0 Å². The van der Waals surface area contributed by atoms with Crippen LogP contribution in [0.15, 0.2) is 58.4 Å². The largest absolute Gasteiger partial charge is 0.382 e. The van der Waals surface area contributed by atoms with Crippen molar-refractivity contribution in [1.82, 2.24) is 20.8 Å². The van der Waals surface area contributed by atoms with Crippen molar-refractivity contribution >= 4 is 44.7 Å². The van der Waals surface area contributed by atoms with Crippen LogP contribution >= 0.6 is 11.3 Å². The number of nitrogens with zero attached hydrogens (tertiary/aromatic N) is 2. The number of carbonyl (C=O) groups is 2. The predicted molar refractivity (Wildman–Crippen MR) is 103 cm³/mol. The molecule has 3 rings (SSSR count). The number of anilines is 2. The van der Waals surface area contributed by atoms with Crippen molar-refractivity contribution in [2.24, 2.45) is 0 Å². The van der Waals surface area contributed by atoms with E-state index in [0.29, 0.717) is 0 Å². The molecular formula is C16H14N6O4S2. The van der Waals surface area contributed by atoms with Gasteiger partial charge in [-0.15, -0.1) is 11.3 Å². The SMILES string of the molecule is Nc1nccnc1C(=O)NNC(=O)c1ccccc1NS(=O)(=O)c1cccs1. The second-order valence-electron chi connectivity index (χ2n) is 5.28. The van der Waals surface area contributed by atoms with Crippen molar-refractivity contribution < 1.29 is 18.0 Å². The Balaban J connectivity index is 1.74. The first kappa shape index (κ1) is 19.3. The van der Waals surface area contributed by atoms with E-state index in [1.165, 1.54) is 30.6 Å². The van der Waals surface area contributed by atoms with Gasteiger partial charge >= 0.3 is 0 Å². The number of hydrazine groups is 1. The summed E-state index contributed by atoms with van der Waals surface area (Å²) in [5.41, 5.74) is 9.82. The monoisotopic (exact) mass is 418 g/mol. The number of para-hydroxylation sites is 1. The number of aromatic nitrogens is 2. The quantitative estimate of drug-likeness (QED) is 0.450. The highest BCUT2D eigenvalue weighted by Crippen LogP contribution is 2.22. The van der Waals surface area contributed by atoms with Crippen molar-refractivity contribution in [3.8, 4) is 0 Å². The zero-order valence-corrected chi connectivity index (χ0v) is 15.8. The van der Waals surface area contributed by atoms with Gasteiger partial charge in [0.2, 0.25) is 0 Å². The van der Waals surface area contributed by atoms with Crippen LogP contribution in [0.4, 0.5) is 11.5 Å². The fourth-order valence-corrected chi connectivity index (χ4v) is 4.22. The lowest BCUT2D eigenvalue weighted by Gasteiger charge is -2.12. The number of carbonyl (C=O) groups excluding carboxylic acids is 2. The second-order valence-corrected chi connectivity index (χ2v) is 8.14. The molecule has 2 aromatic heterocycles. The Morgan fingerprint density at radius 3 is 2.39 bits per heavy atom. The average Bonchev–Trinajstić information content (AvgIpc) is 3.22. The fourth-order valence-electron chi connectivity index (χ4n) is 2.15. The van der Waals surface area contributed by atoms with E-state index in [4.69, 9.17) is 5.73 Å². The van der Waals surface area contributed by atoms with Crippen LogP contribution in [0, 0.1) is 0 Å². The minimum atomic E-state index is -3.84. The van der Waals surface area contributed by atoms with E-state index in [2.05, 4.69) is 25.5 Å². The molecule has 0 saturated carbocycles. The van der Waals surface area contributed by atoms with E-state index in [9.17, 15) is 18.0 Å². The third-order valence-corrected chi connectivity index (χ3v) is 6.17. The van der Waals surface area contributed by atoms with Crippen molar-refractivity contribution in [3.05, 3.63) is 65.4 Å². The van der Waals surface area contributed by atoms with Crippen molar-refractivity contribution in [3.63, 3.8) is 0 Å².